The Labute approximate surface area is 117 Å². The highest BCUT2D eigenvalue weighted by atomic mass is 16.5. The third kappa shape index (κ3) is 4.32. The minimum atomic E-state index is 0.419. The molecule has 1 fully saturated rings. The maximum Gasteiger partial charge on any atom is 0.0587 e. The first-order valence-corrected chi connectivity index (χ1v) is 7.59. The summed E-state index contributed by atoms with van der Waals surface area (Å²) < 4.78 is 5.76. The molecule has 19 heavy (non-hydrogen) atoms. The first-order valence-electron chi connectivity index (χ1n) is 7.59. The van der Waals surface area contributed by atoms with Crippen LogP contribution < -0.4 is 5.32 Å². The fourth-order valence-electron chi connectivity index (χ4n) is 2.65. The second-order valence-corrected chi connectivity index (χ2v) is 5.80. The van der Waals surface area contributed by atoms with Gasteiger partial charge in [0.1, 0.15) is 0 Å². The quantitative estimate of drug-likeness (QED) is 0.867. The summed E-state index contributed by atoms with van der Waals surface area (Å²) in [5.74, 6) is 0. The molecule has 1 aromatic rings. The van der Waals surface area contributed by atoms with Crippen LogP contribution in [0, 0.1) is 13.8 Å². The molecule has 0 spiro atoms. The lowest BCUT2D eigenvalue weighted by Crippen LogP contribution is -2.27. The molecule has 0 saturated carbocycles. The lowest BCUT2D eigenvalue weighted by Gasteiger charge is -2.23. The molecule has 1 aliphatic heterocycles. The van der Waals surface area contributed by atoms with E-state index in [1.165, 1.54) is 36.0 Å². The number of benzene rings is 1. The van der Waals surface area contributed by atoms with Gasteiger partial charge < -0.3 is 10.1 Å². The molecule has 2 heteroatoms. The molecule has 0 aliphatic carbocycles. The minimum Gasteiger partial charge on any atom is -0.378 e. The maximum absolute atomic E-state index is 5.76. The van der Waals surface area contributed by atoms with Gasteiger partial charge in [0.2, 0.25) is 0 Å². The zero-order valence-electron chi connectivity index (χ0n) is 12.5. The molecule has 1 N–H and O–H groups in total. The van der Waals surface area contributed by atoms with Crippen LogP contribution in [0.3, 0.4) is 0 Å². The van der Waals surface area contributed by atoms with E-state index < -0.39 is 0 Å². The first-order chi connectivity index (χ1) is 9.16. The second-order valence-electron chi connectivity index (χ2n) is 5.80. The van der Waals surface area contributed by atoms with Crippen LogP contribution >= 0.6 is 0 Å². The molecule has 0 radical (unpaired) electrons. The lowest BCUT2D eigenvalue weighted by atomic mass is 10.0. The molecule has 1 aliphatic rings. The third-order valence-corrected chi connectivity index (χ3v) is 4.22. The van der Waals surface area contributed by atoms with Gasteiger partial charge in [0.05, 0.1) is 6.10 Å². The Morgan fingerprint density at radius 2 is 2.11 bits per heavy atom. The van der Waals surface area contributed by atoms with Gasteiger partial charge >= 0.3 is 0 Å². The van der Waals surface area contributed by atoms with Crippen molar-refractivity contribution in [2.24, 2.45) is 0 Å². The summed E-state index contributed by atoms with van der Waals surface area (Å²) in [7, 11) is 0. The topological polar surface area (TPSA) is 21.3 Å². The normalized spacial score (nSPS) is 21.3. The van der Waals surface area contributed by atoms with Crippen molar-refractivity contribution in [1.29, 1.82) is 0 Å². The number of aryl methyl sites for hydroxylation is 2. The van der Waals surface area contributed by atoms with Crippen molar-refractivity contribution in [3.63, 3.8) is 0 Å². The average molecular weight is 261 g/mol. The Balaban J connectivity index is 1.76. The van der Waals surface area contributed by atoms with Crippen LogP contribution in [-0.4, -0.2) is 19.3 Å². The smallest absolute Gasteiger partial charge is 0.0587 e. The Kier molecular flexibility index (Phi) is 5.41. The molecule has 2 atom stereocenters. The Hall–Kier alpha value is -0.860. The zero-order chi connectivity index (χ0) is 13.7. The summed E-state index contributed by atoms with van der Waals surface area (Å²) >= 11 is 0. The largest absolute Gasteiger partial charge is 0.378 e. The molecular weight excluding hydrogens is 234 g/mol. The van der Waals surface area contributed by atoms with Gasteiger partial charge in [-0.25, -0.2) is 0 Å². The van der Waals surface area contributed by atoms with Crippen LogP contribution in [0.4, 0.5) is 0 Å². The van der Waals surface area contributed by atoms with Gasteiger partial charge in [0, 0.05) is 12.6 Å². The van der Waals surface area contributed by atoms with E-state index in [9.17, 15) is 0 Å². The minimum absolute atomic E-state index is 0.419. The molecule has 1 saturated heterocycles. The van der Waals surface area contributed by atoms with E-state index in [4.69, 9.17) is 4.74 Å². The third-order valence-electron chi connectivity index (χ3n) is 4.22. The Morgan fingerprint density at radius 3 is 2.79 bits per heavy atom. The number of hydrogen-bond donors (Lipinski definition) is 1. The Bertz CT molecular complexity index is 396. The van der Waals surface area contributed by atoms with Crippen LogP contribution in [-0.2, 0) is 4.74 Å². The molecule has 2 nitrogen and oxygen atoms in total. The first kappa shape index (κ1) is 14.5. The molecular formula is C17H27NO. The summed E-state index contributed by atoms with van der Waals surface area (Å²) in [4.78, 5) is 0. The van der Waals surface area contributed by atoms with E-state index in [2.05, 4.69) is 44.3 Å². The van der Waals surface area contributed by atoms with Crippen molar-refractivity contribution < 1.29 is 4.74 Å². The fourth-order valence-corrected chi connectivity index (χ4v) is 2.65. The molecule has 0 amide bonds. The van der Waals surface area contributed by atoms with Gasteiger partial charge in [0.25, 0.3) is 0 Å². The van der Waals surface area contributed by atoms with E-state index >= 15 is 0 Å². The molecule has 2 rings (SSSR count). The van der Waals surface area contributed by atoms with Crippen LogP contribution in [0.1, 0.15) is 55.3 Å². The maximum atomic E-state index is 5.76. The van der Waals surface area contributed by atoms with E-state index in [-0.39, 0.29) is 0 Å². The SMILES string of the molecule is Cc1ccc(C(C)NCCC2CCCCO2)cc1C. The van der Waals surface area contributed by atoms with Crippen LogP contribution in [0.5, 0.6) is 0 Å². The highest BCUT2D eigenvalue weighted by molar-refractivity contribution is 5.31. The van der Waals surface area contributed by atoms with Gasteiger partial charge in [-0.15, -0.1) is 0 Å². The Morgan fingerprint density at radius 1 is 1.26 bits per heavy atom. The van der Waals surface area contributed by atoms with Crippen LogP contribution in [0.25, 0.3) is 0 Å². The second kappa shape index (κ2) is 7.06. The lowest BCUT2D eigenvalue weighted by molar-refractivity contribution is 0.0112. The summed E-state index contributed by atoms with van der Waals surface area (Å²) in [6, 6.07) is 7.16. The highest BCUT2D eigenvalue weighted by Gasteiger charge is 2.14. The molecule has 1 heterocycles. The van der Waals surface area contributed by atoms with E-state index in [0.29, 0.717) is 12.1 Å². The zero-order valence-corrected chi connectivity index (χ0v) is 12.5. The van der Waals surface area contributed by atoms with Crippen LogP contribution in [0.15, 0.2) is 18.2 Å². The van der Waals surface area contributed by atoms with Crippen LogP contribution in [0.2, 0.25) is 0 Å². The van der Waals surface area contributed by atoms with Gasteiger partial charge in [0.15, 0.2) is 0 Å². The van der Waals surface area contributed by atoms with E-state index in [1.807, 2.05) is 0 Å². The van der Waals surface area contributed by atoms with Crippen molar-refractivity contribution in [1.82, 2.24) is 5.32 Å². The van der Waals surface area contributed by atoms with Gasteiger partial charge in [-0.05, 0) is 69.7 Å². The highest BCUT2D eigenvalue weighted by Crippen LogP contribution is 2.18. The summed E-state index contributed by atoms with van der Waals surface area (Å²) in [5, 5.41) is 3.61. The predicted octanol–water partition coefficient (Wildman–Crippen LogP) is 3.91. The number of hydrogen-bond acceptors (Lipinski definition) is 2. The van der Waals surface area contributed by atoms with E-state index in [0.717, 1.165) is 19.6 Å². The van der Waals surface area contributed by atoms with Crippen molar-refractivity contribution in [2.45, 2.75) is 58.6 Å². The molecule has 2 unspecified atom stereocenters. The van der Waals surface area contributed by atoms with Gasteiger partial charge in [-0.1, -0.05) is 18.2 Å². The fraction of sp³-hybridized carbons (Fsp3) is 0.647. The molecule has 0 aromatic heterocycles. The monoisotopic (exact) mass is 261 g/mol. The standard InChI is InChI=1S/C17H27NO/c1-13-7-8-16(12-14(13)2)15(3)18-10-9-17-6-4-5-11-19-17/h7-8,12,15,17-18H,4-6,9-11H2,1-3H3. The van der Waals surface area contributed by atoms with E-state index in [1.54, 1.807) is 0 Å². The number of nitrogens with one attached hydrogen (secondary N) is 1. The summed E-state index contributed by atoms with van der Waals surface area (Å²) in [6.07, 6.45) is 5.42. The van der Waals surface area contributed by atoms with Crippen molar-refractivity contribution in [3.8, 4) is 0 Å². The van der Waals surface area contributed by atoms with Crippen molar-refractivity contribution in [2.75, 3.05) is 13.2 Å². The molecule has 1 aromatic carbocycles. The molecule has 0 bridgehead atoms. The number of ether oxygens (including phenoxy) is 1. The summed E-state index contributed by atoms with van der Waals surface area (Å²) in [6.45, 7) is 8.58. The van der Waals surface area contributed by atoms with Crippen molar-refractivity contribution in [3.05, 3.63) is 34.9 Å². The molecule has 106 valence electrons. The number of rotatable bonds is 5. The summed E-state index contributed by atoms with van der Waals surface area (Å²) in [5.41, 5.74) is 4.13. The predicted molar refractivity (Wildman–Crippen MR) is 80.5 cm³/mol. The van der Waals surface area contributed by atoms with Crippen molar-refractivity contribution >= 4 is 0 Å². The van der Waals surface area contributed by atoms with Gasteiger partial charge in [-0.2, -0.15) is 0 Å². The average Bonchev–Trinajstić information content (AvgIpc) is 2.43. The van der Waals surface area contributed by atoms with Gasteiger partial charge in [-0.3, -0.25) is 0 Å².